The maximum absolute atomic E-state index is 4.92. The number of rotatable bonds is 6. The van der Waals surface area contributed by atoms with Gasteiger partial charge in [0, 0.05) is 31.1 Å². The molecule has 0 saturated carbocycles. The number of nitrogens with zero attached hydrogens (tertiary/aromatic N) is 2. The summed E-state index contributed by atoms with van der Waals surface area (Å²) in [6, 6.07) is 4.55. The zero-order valence-corrected chi connectivity index (χ0v) is 14.5. The molecule has 0 aromatic carbocycles. The maximum Gasteiger partial charge on any atom is 0.129 e. The Morgan fingerprint density at radius 3 is 2.90 bits per heavy atom. The third-order valence-corrected chi connectivity index (χ3v) is 4.83. The number of thioether (sulfide) groups is 1. The summed E-state index contributed by atoms with van der Waals surface area (Å²) in [7, 11) is 0. The lowest BCUT2D eigenvalue weighted by molar-refractivity contribution is 0.671. The van der Waals surface area contributed by atoms with Gasteiger partial charge >= 0.3 is 0 Å². The SMILES string of the molecule is CCCNCc1cc(C(C)C)nc(N2CCCSCC2)c1. The van der Waals surface area contributed by atoms with Gasteiger partial charge in [0.2, 0.25) is 0 Å². The highest BCUT2D eigenvalue weighted by molar-refractivity contribution is 7.99. The van der Waals surface area contributed by atoms with Crippen LogP contribution in [0.15, 0.2) is 12.1 Å². The van der Waals surface area contributed by atoms with Crippen LogP contribution >= 0.6 is 11.8 Å². The van der Waals surface area contributed by atoms with E-state index in [1.54, 1.807) is 0 Å². The summed E-state index contributed by atoms with van der Waals surface area (Å²) in [5.74, 6) is 4.16. The quantitative estimate of drug-likeness (QED) is 0.812. The molecule has 118 valence electrons. The fraction of sp³-hybridized carbons (Fsp3) is 0.706. The predicted molar refractivity (Wildman–Crippen MR) is 94.5 cm³/mol. The van der Waals surface area contributed by atoms with E-state index in [1.165, 1.54) is 41.4 Å². The van der Waals surface area contributed by atoms with Gasteiger partial charge in [-0.15, -0.1) is 0 Å². The summed E-state index contributed by atoms with van der Waals surface area (Å²) >= 11 is 2.06. The molecule has 1 aromatic rings. The van der Waals surface area contributed by atoms with E-state index >= 15 is 0 Å². The van der Waals surface area contributed by atoms with Gasteiger partial charge in [0.05, 0.1) is 0 Å². The van der Waals surface area contributed by atoms with E-state index in [9.17, 15) is 0 Å². The van der Waals surface area contributed by atoms with Crippen molar-refractivity contribution in [2.45, 2.75) is 46.1 Å². The smallest absolute Gasteiger partial charge is 0.129 e. The van der Waals surface area contributed by atoms with E-state index in [1.807, 2.05) is 0 Å². The third-order valence-electron chi connectivity index (χ3n) is 3.79. The minimum atomic E-state index is 0.483. The molecular formula is C17H29N3S. The molecule has 0 atom stereocenters. The zero-order chi connectivity index (χ0) is 15.1. The molecule has 0 radical (unpaired) electrons. The normalized spacial score (nSPS) is 16.3. The van der Waals surface area contributed by atoms with Crippen LogP contribution in [0.4, 0.5) is 5.82 Å². The van der Waals surface area contributed by atoms with Gasteiger partial charge in [-0.2, -0.15) is 11.8 Å². The Morgan fingerprint density at radius 1 is 1.29 bits per heavy atom. The zero-order valence-electron chi connectivity index (χ0n) is 13.7. The molecule has 2 rings (SSSR count). The van der Waals surface area contributed by atoms with Crippen molar-refractivity contribution >= 4 is 17.6 Å². The molecule has 1 aromatic heterocycles. The van der Waals surface area contributed by atoms with Gasteiger partial charge in [0.25, 0.3) is 0 Å². The molecule has 0 spiro atoms. The first-order chi connectivity index (χ1) is 10.2. The van der Waals surface area contributed by atoms with E-state index < -0.39 is 0 Å². The van der Waals surface area contributed by atoms with E-state index in [0.29, 0.717) is 5.92 Å². The second kappa shape index (κ2) is 8.64. The first-order valence-corrected chi connectivity index (χ1v) is 9.40. The highest BCUT2D eigenvalue weighted by Gasteiger charge is 2.14. The summed E-state index contributed by atoms with van der Waals surface area (Å²) in [6.07, 6.45) is 2.44. The minimum absolute atomic E-state index is 0.483. The Balaban J connectivity index is 2.17. The maximum atomic E-state index is 4.92. The van der Waals surface area contributed by atoms with Crippen molar-refractivity contribution in [3.63, 3.8) is 0 Å². The van der Waals surface area contributed by atoms with Crippen LogP contribution in [0.3, 0.4) is 0 Å². The van der Waals surface area contributed by atoms with Gasteiger partial charge in [0.15, 0.2) is 0 Å². The predicted octanol–water partition coefficient (Wildman–Crippen LogP) is 3.65. The number of hydrogen-bond donors (Lipinski definition) is 1. The van der Waals surface area contributed by atoms with Crippen LogP contribution in [-0.2, 0) is 6.54 Å². The van der Waals surface area contributed by atoms with Crippen LogP contribution in [0, 0.1) is 0 Å². The molecule has 0 unspecified atom stereocenters. The van der Waals surface area contributed by atoms with Crippen molar-refractivity contribution in [3.05, 3.63) is 23.4 Å². The lowest BCUT2D eigenvalue weighted by Crippen LogP contribution is -2.27. The van der Waals surface area contributed by atoms with Crippen LogP contribution in [-0.4, -0.2) is 36.1 Å². The van der Waals surface area contributed by atoms with E-state index in [4.69, 9.17) is 4.98 Å². The van der Waals surface area contributed by atoms with Gasteiger partial charge in [-0.3, -0.25) is 0 Å². The number of nitrogens with one attached hydrogen (secondary N) is 1. The molecule has 3 nitrogen and oxygen atoms in total. The van der Waals surface area contributed by atoms with Gasteiger partial charge in [-0.05, 0) is 48.8 Å². The Labute approximate surface area is 133 Å². The number of hydrogen-bond acceptors (Lipinski definition) is 4. The van der Waals surface area contributed by atoms with Crippen molar-refractivity contribution in [1.82, 2.24) is 10.3 Å². The second-order valence-electron chi connectivity index (χ2n) is 6.04. The fourth-order valence-electron chi connectivity index (χ4n) is 2.54. The van der Waals surface area contributed by atoms with Gasteiger partial charge in [0.1, 0.15) is 5.82 Å². The van der Waals surface area contributed by atoms with E-state index in [-0.39, 0.29) is 0 Å². The molecule has 1 aliphatic rings. The molecule has 1 aliphatic heterocycles. The Bertz CT molecular complexity index is 426. The summed E-state index contributed by atoms with van der Waals surface area (Å²) in [4.78, 5) is 7.38. The number of anilines is 1. The molecule has 0 bridgehead atoms. The second-order valence-corrected chi connectivity index (χ2v) is 7.27. The average Bonchev–Trinajstić information content (AvgIpc) is 2.76. The lowest BCUT2D eigenvalue weighted by atomic mass is 10.1. The van der Waals surface area contributed by atoms with Gasteiger partial charge in [-0.25, -0.2) is 4.98 Å². The van der Waals surface area contributed by atoms with Crippen molar-refractivity contribution in [2.75, 3.05) is 36.0 Å². The highest BCUT2D eigenvalue weighted by atomic mass is 32.2. The van der Waals surface area contributed by atoms with Crippen LogP contribution in [0.5, 0.6) is 0 Å². The number of aromatic nitrogens is 1. The van der Waals surface area contributed by atoms with Crippen LogP contribution in [0.1, 0.15) is 50.8 Å². The van der Waals surface area contributed by atoms with E-state index in [0.717, 1.165) is 26.2 Å². The summed E-state index contributed by atoms with van der Waals surface area (Å²) in [6.45, 7) is 11.0. The first kappa shape index (κ1) is 16.6. The topological polar surface area (TPSA) is 28.2 Å². The lowest BCUT2D eigenvalue weighted by Gasteiger charge is -2.23. The van der Waals surface area contributed by atoms with Crippen molar-refractivity contribution in [1.29, 1.82) is 0 Å². The molecule has 21 heavy (non-hydrogen) atoms. The van der Waals surface area contributed by atoms with Crippen molar-refractivity contribution in [3.8, 4) is 0 Å². The van der Waals surface area contributed by atoms with E-state index in [2.05, 4.69) is 54.9 Å². The fourth-order valence-corrected chi connectivity index (χ4v) is 3.43. The first-order valence-electron chi connectivity index (χ1n) is 8.25. The Kier molecular flexibility index (Phi) is 6.84. The molecule has 0 amide bonds. The monoisotopic (exact) mass is 307 g/mol. The van der Waals surface area contributed by atoms with Gasteiger partial charge < -0.3 is 10.2 Å². The molecular weight excluding hydrogens is 278 g/mol. The van der Waals surface area contributed by atoms with Crippen LogP contribution < -0.4 is 10.2 Å². The Morgan fingerprint density at radius 2 is 2.14 bits per heavy atom. The third kappa shape index (κ3) is 5.19. The van der Waals surface area contributed by atoms with Crippen LogP contribution in [0.25, 0.3) is 0 Å². The minimum Gasteiger partial charge on any atom is -0.356 e. The number of pyridine rings is 1. The van der Waals surface area contributed by atoms with Gasteiger partial charge in [-0.1, -0.05) is 20.8 Å². The summed E-state index contributed by atoms with van der Waals surface area (Å²) in [5.41, 5.74) is 2.59. The molecule has 1 N–H and O–H groups in total. The van der Waals surface area contributed by atoms with Crippen molar-refractivity contribution < 1.29 is 0 Å². The standard InChI is InChI=1S/C17H29N3S/c1-4-6-18-13-15-11-16(14(2)3)19-17(12-15)20-7-5-9-21-10-8-20/h11-12,14,18H,4-10,13H2,1-3H3. The highest BCUT2D eigenvalue weighted by Crippen LogP contribution is 2.22. The molecule has 2 heterocycles. The summed E-state index contributed by atoms with van der Waals surface area (Å²) < 4.78 is 0. The molecule has 1 saturated heterocycles. The van der Waals surface area contributed by atoms with Crippen molar-refractivity contribution in [2.24, 2.45) is 0 Å². The average molecular weight is 308 g/mol. The largest absolute Gasteiger partial charge is 0.356 e. The Hall–Kier alpha value is -0.740. The van der Waals surface area contributed by atoms with Crippen LogP contribution in [0.2, 0.25) is 0 Å². The summed E-state index contributed by atoms with van der Waals surface area (Å²) in [5, 5.41) is 3.51. The molecule has 0 aliphatic carbocycles. The molecule has 1 fully saturated rings. The molecule has 4 heteroatoms.